The average Bonchev–Trinajstić information content (AvgIpc) is 3.21. The third kappa shape index (κ3) is 4.26. The Labute approximate surface area is 218 Å². The Hall–Kier alpha value is -4.31. The Kier molecular flexibility index (Phi) is 6.36. The minimum absolute atomic E-state index is 0.327. The second-order valence-corrected chi connectivity index (χ2v) is 10.1. The second-order valence-electron chi connectivity index (χ2n) is 10.1. The molecular weight excluding hydrogens is 487 g/mol. The number of allylic oxidation sites excluding steroid dienone is 3. The van der Waals surface area contributed by atoms with Crippen molar-refractivity contribution < 1.29 is 14.0 Å². The summed E-state index contributed by atoms with van der Waals surface area (Å²) in [6, 6.07) is 10.4. The molecule has 3 atom stereocenters. The SMILES string of the molecule is C[C@H](N)CC1(c2nn(-c3ccc(F)cc3)c(=O)[nH]2)C2=C(CCc3cc(C(N)=O)ccc31)CC(C(N)=O)C=C2. The van der Waals surface area contributed by atoms with Gasteiger partial charge in [0.15, 0.2) is 0 Å². The van der Waals surface area contributed by atoms with E-state index in [1.807, 2.05) is 19.1 Å². The summed E-state index contributed by atoms with van der Waals surface area (Å²) in [6.45, 7) is 1.87. The molecule has 0 saturated carbocycles. The van der Waals surface area contributed by atoms with Gasteiger partial charge in [-0.05, 0) is 85.7 Å². The molecule has 196 valence electrons. The van der Waals surface area contributed by atoms with Gasteiger partial charge in [-0.15, -0.1) is 5.10 Å². The molecule has 38 heavy (non-hydrogen) atoms. The minimum Gasteiger partial charge on any atom is -0.369 e. The number of nitrogens with zero attached hydrogens (tertiary/aromatic N) is 2. The van der Waals surface area contributed by atoms with Gasteiger partial charge in [-0.1, -0.05) is 23.8 Å². The highest BCUT2D eigenvalue weighted by molar-refractivity contribution is 5.93. The monoisotopic (exact) mass is 516 g/mol. The number of carbonyl (C=O) groups excluding carboxylic acids is 2. The average molecular weight is 517 g/mol. The molecule has 9 nitrogen and oxygen atoms in total. The van der Waals surface area contributed by atoms with Gasteiger partial charge in [0.1, 0.15) is 11.6 Å². The highest BCUT2D eigenvalue weighted by atomic mass is 19.1. The van der Waals surface area contributed by atoms with Crippen molar-refractivity contribution in [3.8, 4) is 5.69 Å². The molecule has 1 aromatic heterocycles. The van der Waals surface area contributed by atoms with Crippen LogP contribution in [0.5, 0.6) is 0 Å². The number of halogens is 1. The predicted octanol–water partition coefficient (Wildman–Crippen LogP) is 2.13. The topological polar surface area (TPSA) is 163 Å². The fourth-order valence-corrected chi connectivity index (χ4v) is 5.78. The molecule has 0 aliphatic heterocycles. The van der Waals surface area contributed by atoms with Crippen LogP contribution >= 0.6 is 0 Å². The quantitative estimate of drug-likeness (QED) is 0.394. The first-order valence-corrected chi connectivity index (χ1v) is 12.4. The summed E-state index contributed by atoms with van der Waals surface area (Å²) in [5.41, 5.74) is 20.6. The number of primary amides is 2. The van der Waals surface area contributed by atoms with Gasteiger partial charge in [-0.3, -0.25) is 14.6 Å². The van der Waals surface area contributed by atoms with Gasteiger partial charge in [-0.25, -0.2) is 9.18 Å². The Bertz CT molecular complexity index is 1550. The maximum Gasteiger partial charge on any atom is 0.348 e. The lowest BCUT2D eigenvalue weighted by atomic mass is 9.65. The highest BCUT2D eigenvalue weighted by Crippen LogP contribution is 2.50. The number of amides is 2. The first-order valence-electron chi connectivity index (χ1n) is 12.4. The van der Waals surface area contributed by atoms with E-state index in [-0.39, 0.29) is 6.04 Å². The number of carbonyl (C=O) groups is 2. The molecular formula is C28H29FN6O3. The van der Waals surface area contributed by atoms with Crippen molar-refractivity contribution in [1.29, 1.82) is 0 Å². The second kappa shape index (κ2) is 9.53. The van der Waals surface area contributed by atoms with Crippen molar-refractivity contribution >= 4 is 11.8 Å². The van der Waals surface area contributed by atoms with E-state index in [4.69, 9.17) is 22.3 Å². The zero-order valence-electron chi connectivity index (χ0n) is 20.9. The Morgan fingerprint density at radius 2 is 1.92 bits per heavy atom. The van der Waals surface area contributed by atoms with Crippen LogP contribution in [0.3, 0.4) is 0 Å². The maximum absolute atomic E-state index is 13.6. The van der Waals surface area contributed by atoms with Gasteiger partial charge in [-0.2, -0.15) is 4.68 Å². The number of rotatable bonds is 6. The normalized spacial score (nSPS) is 21.4. The fourth-order valence-electron chi connectivity index (χ4n) is 5.78. The number of aromatic amines is 1. The molecule has 0 radical (unpaired) electrons. The third-order valence-corrected chi connectivity index (χ3v) is 7.43. The lowest BCUT2D eigenvalue weighted by Gasteiger charge is -2.38. The molecule has 7 N–H and O–H groups in total. The number of hydrogen-bond acceptors (Lipinski definition) is 5. The summed E-state index contributed by atoms with van der Waals surface area (Å²) < 4.78 is 14.8. The van der Waals surface area contributed by atoms with Gasteiger partial charge in [0, 0.05) is 11.6 Å². The van der Waals surface area contributed by atoms with E-state index < -0.39 is 34.7 Å². The summed E-state index contributed by atoms with van der Waals surface area (Å²) in [4.78, 5) is 40.2. The molecule has 2 amide bonds. The predicted molar refractivity (Wildman–Crippen MR) is 140 cm³/mol. The lowest BCUT2D eigenvalue weighted by Crippen LogP contribution is -2.39. The Balaban J connectivity index is 1.80. The maximum atomic E-state index is 13.6. The summed E-state index contributed by atoms with van der Waals surface area (Å²) in [6.07, 6.45) is 5.68. The summed E-state index contributed by atoms with van der Waals surface area (Å²) in [5, 5.41) is 4.72. The van der Waals surface area contributed by atoms with Gasteiger partial charge in [0.2, 0.25) is 11.8 Å². The number of hydrogen-bond donors (Lipinski definition) is 4. The number of H-pyrrole nitrogens is 1. The number of nitrogens with two attached hydrogens (primary N) is 3. The van der Waals surface area contributed by atoms with E-state index in [9.17, 15) is 18.8 Å². The number of aromatic nitrogens is 3. The van der Waals surface area contributed by atoms with E-state index >= 15 is 0 Å². The van der Waals surface area contributed by atoms with Crippen molar-refractivity contribution in [2.45, 2.75) is 44.1 Å². The summed E-state index contributed by atoms with van der Waals surface area (Å²) in [5.74, 6) is -1.50. The van der Waals surface area contributed by atoms with Crippen LogP contribution in [0.25, 0.3) is 5.69 Å². The number of nitrogens with one attached hydrogen (secondary N) is 1. The Morgan fingerprint density at radius 1 is 1.18 bits per heavy atom. The van der Waals surface area contributed by atoms with Crippen LogP contribution in [-0.4, -0.2) is 32.6 Å². The first kappa shape index (κ1) is 25.3. The molecule has 0 spiro atoms. The van der Waals surface area contributed by atoms with Crippen molar-refractivity contribution in [3.05, 3.63) is 105 Å². The zero-order valence-corrected chi connectivity index (χ0v) is 20.9. The number of aryl methyl sites for hydroxylation is 1. The van der Waals surface area contributed by atoms with E-state index in [0.717, 1.165) is 22.3 Å². The minimum atomic E-state index is -1.00. The van der Waals surface area contributed by atoms with Gasteiger partial charge in [0.25, 0.3) is 0 Å². The molecule has 5 rings (SSSR count). The fraction of sp³-hybridized carbons (Fsp3) is 0.286. The number of fused-ring (bicyclic) bond motifs is 1. The largest absolute Gasteiger partial charge is 0.369 e. The molecule has 0 bridgehead atoms. The van der Waals surface area contributed by atoms with Crippen LogP contribution in [0.15, 0.2) is 70.6 Å². The van der Waals surface area contributed by atoms with Crippen molar-refractivity contribution in [1.82, 2.24) is 14.8 Å². The zero-order chi connectivity index (χ0) is 27.2. The molecule has 10 heteroatoms. The molecule has 3 aromatic rings. The molecule has 2 aromatic carbocycles. The van der Waals surface area contributed by atoms with Gasteiger partial charge in [0.05, 0.1) is 17.0 Å². The molecule has 2 aliphatic rings. The molecule has 0 fully saturated rings. The van der Waals surface area contributed by atoms with E-state index in [1.165, 1.54) is 28.9 Å². The lowest BCUT2D eigenvalue weighted by molar-refractivity contribution is -0.120. The van der Waals surface area contributed by atoms with Gasteiger partial charge < -0.3 is 17.2 Å². The van der Waals surface area contributed by atoms with E-state index in [1.54, 1.807) is 18.2 Å². The molecule has 2 unspecified atom stereocenters. The highest BCUT2D eigenvalue weighted by Gasteiger charge is 2.46. The third-order valence-electron chi connectivity index (χ3n) is 7.43. The van der Waals surface area contributed by atoms with Crippen molar-refractivity contribution in [2.75, 3.05) is 0 Å². The van der Waals surface area contributed by atoms with Crippen LogP contribution in [-0.2, 0) is 16.6 Å². The number of benzene rings is 2. The molecule has 1 heterocycles. The van der Waals surface area contributed by atoms with Crippen molar-refractivity contribution in [2.24, 2.45) is 23.1 Å². The van der Waals surface area contributed by atoms with E-state index in [2.05, 4.69) is 4.98 Å². The molecule has 0 saturated heterocycles. The van der Waals surface area contributed by atoms with Gasteiger partial charge >= 0.3 is 5.69 Å². The van der Waals surface area contributed by atoms with Crippen LogP contribution in [0.4, 0.5) is 4.39 Å². The molecule has 2 aliphatic carbocycles. The van der Waals surface area contributed by atoms with Crippen LogP contribution < -0.4 is 22.9 Å². The Morgan fingerprint density at radius 3 is 2.58 bits per heavy atom. The van der Waals surface area contributed by atoms with Crippen molar-refractivity contribution in [3.63, 3.8) is 0 Å². The van der Waals surface area contributed by atoms with Crippen LogP contribution in [0.1, 0.15) is 53.5 Å². The standard InChI is InChI=1S/C28H29FN6O3/c1-15(30)14-28(26-33-27(38)35(34-26)21-8-6-20(29)7-9-21)22-10-4-18(24(31)36)12-16(22)2-3-17-13-19(25(32)37)5-11-23(17)28/h4-12,15,19H,2-3,13-14,30H2,1H3,(H2,31,36)(H2,32,37)(H,33,34,38)/t15-,19?,28?/m0/s1. The smallest absolute Gasteiger partial charge is 0.348 e. The first-order chi connectivity index (χ1) is 18.1. The van der Waals surface area contributed by atoms with Crippen LogP contribution in [0, 0.1) is 11.7 Å². The summed E-state index contributed by atoms with van der Waals surface area (Å²) >= 11 is 0. The van der Waals surface area contributed by atoms with Crippen LogP contribution in [0.2, 0.25) is 0 Å². The van der Waals surface area contributed by atoms with E-state index in [0.29, 0.717) is 42.8 Å². The summed E-state index contributed by atoms with van der Waals surface area (Å²) in [7, 11) is 0.